The van der Waals surface area contributed by atoms with Crippen LogP contribution in [0.25, 0.3) is 21.6 Å². The van der Waals surface area contributed by atoms with E-state index in [1.807, 2.05) is 35.6 Å². The van der Waals surface area contributed by atoms with Crippen molar-refractivity contribution in [1.82, 2.24) is 9.97 Å². The Morgan fingerprint density at radius 2 is 1.83 bits per heavy atom. The van der Waals surface area contributed by atoms with Crippen molar-refractivity contribution in [2.45, 2.75) is 45.1 Å². The zero-order valence-corrected chi connectivity index (χ0v) is 18.6. The predicted molar refractivity (Wildman–Crippen MR) is 128 cm³/mol. The zero-order chi connectivity index (χ0) is 20.5. The summed E-state index contributed by atoms with van der Waals surface area (Å²) in [5.74, 6) is 1.74. The zero-order valence-electron chi connectivity index (χ0n) is 17.0. The minimum atomic E-state index is 0.318. The van der Waals surface area contributed by atoms with Crippen LogP contribution in [0.5, 0.6) is 0 Å². The number of aryl methyl sites for hydroxylation is 3. The monoisotopic (exact) mass is 433 g/mol. The number of halogens is 1. The molecule has 0 bridgehead atoms. The number of fused-ring (bicyclic) bond motifs is 3. The summed E-state index contributed by atoms with van der Waals surface area (Å²) in [4.78, 5) is 12.5. The Morgan fingerprint density at radius 3 is 2.63 bits per heavy atom. The van der Waals surface area contributed by atoms with Gasteiger partial charge in [0.15, 0.2) is 5.82 Å². The number of rotatable bonds is 6. The number of thiophene rings is 1. The molecule has 4 aromatic rings. The number of anilines is 1. The molecule has 1 aliphatic carbocycles. The number of hydrogen-bond donors (Lipinski definition) is 1. The first-order chi connectivity index (χ1) is 14.7. The molecule has 5 rings (SSSR count). The van der Waals surface area contributed by atoms with Gasteiger partial charge in [0.1, 0.15) is 10.6 Å². The van der Waals surface area contributed by atoms with E-state index in [0.29, 0.717) is 6.04 Å². The molecule has 0 saturated heterocycles. The summed E-state index contributed by atoms with van der Waals surface area (Å²) >= 11 is 7.91. The highest BCUT2D eigenvalue weighted by Crippen LogP contribution is 2.40. The van der Waals surface area contributed by atoms with Gasteiger partial charge in [0.2, 0.25) is 0 Å². The van der Waals surface area contributed by atoms with E-state index in [0.717, 1.165) is 52.7 Å². The molecular formula is C25H24ClN3S. The lowest BCUT2D eigenvalue weighted by Crippen LogP contribution is -2.17. The minimum Gasteiger partial charge on any atom is -0.367 e. The second-order valence-corrected chi connectivity index (χ2v) is 9.53. The first-order valence-electron chi connectivity index (χ1n) is 10.6. The van der Waals surface area contributed by atoms with Gasteiger partial charge >= 0.3 is 0 Å². The van der Waals surface area contributed by atoms with Crippen LogP contribution in [0.15, 0.2) is 54.6 Å². The van der Waals surface area contributed by atoms with Crippen LogP contribution in [0.1, 0.15) is 35.8 Å². The molecule has 5 heteroatoms. The maximum atomic E-state index is 6.08. The van der Waals surface area contributed by atoms with Crippen LogP contribution in [-0.4, -0.2) is 16.0 Å². The lowest BCUT2D eigenvalue weighted by Gasteiger charge is -2.17. The highest BCUT2D eigenvalue weighted by molar-refractivity contribution is 7.19. The second-order valence-electron chi connectivity index (χ2n) is 8.01. The fraction of sp³-hybridized carbons (Fsp3) is 0.280. The topological polar surface area (TPSA) is 37.8 Å². The molecular weight excluding hydrogens is 410 g/mol. The Bertz CT molecular complexity index is 1170. The molecule has 0 unspecified atom stereocenters. The Balaban J connectivity index is 1.48. The normalized spacial score (nSPS) is 14.1. The Morgan fingerprint density at radius 1 is 1.03 bits per heavy atom. The third-order valence-corrected chi connectivity index (χ3v) is 7.20. The van der Waals surface area contributed by atoms with Crippen LogP contribution in [0.4, 0.5) is 5.82 Å². The van der Waals surface area contributed by atoms with Gasteiger partial charge in [0.25, 0.3) is 0 Å². The Kier molecular flexibility index (Phi) is 5.45. The molecule has 1 N–H and O–H groups in total. The summed E-state index contributed by atoms with van der Waals surface area (Å²) in [6, 6.07) is 18.8. The molecule has 0 aliphatic heterocycles. The van der Waals surface area contributed by atoms with Gasteiger partial charge < -0.3 is 5.32 Å². The van der Waals surface area contributed by atoms with Crippen LogP contribution < -0.4 is 5.32 Å². The minimum absolute atomic E-state index is 0.318. The van der Waals surface area contributed by atoms with Crippen molar-refractivity contribution in [3.63, 3.8) is 0 Å². The number of hydrogen-bond acceptors (Lipinski definition) is 4. The molecule has 0 fully saturated rings. The quantitative estimate of drug-likeness (QED) is 0.358. The van der Waals surface area contributed by atoms with Crippen molar-refractivity contribution < 1.29 is 0 Å². The summed E-state index contributed by atoms with van der Waals surface area (Å²) in [6.45, 7) is 2.24. The van der Waals surface area contributed by atoms with Crippen LogP contribution >= 0.6 is 22.9 Å². The number of nitrogens with zero attached hydrogens (tertiary/aromatic N) is 2. The molecule has 3 nitrogen and oxygen atoms in total. The largest absolute Gasteiger partial charge is 0.367 e. The van der Waals surface area contributed by atoms with Gasteiger partial charge in [-0.3, -0.25) is 0 Å². The molecule has 0 spiro atoms. The van der Waals surface area contributed by atoms with Gasteiger partial charge in [-0.25, -0.2) is 9.97 Å². The molecule has 0 radical (unpaired) electrons. The highest BCUT2D eigenvalue weighted by Gasteiger charge is 2.23. The number of aromatic nitrogens is 2. The smallest absolute Gasteiger partial charge is 0.163 e. The first-order valence-corrected chi connectivity index (χ1v) is 11.8. The van der Waals surface area contributed by atoms with E-state index >= 15 is 0 Å². The Hall–Kier alpha value is -2.43. The lowest BCUT2D eigenvalue weighted by atomic mass is 10.1. The van der Waals surface area contributed by atoms with Crippen molar-refractivity contribution in [3.05, 3.63) is 75.6 Å². The molecule has 152 valence electrons. The van der Waals surface area contributed by atoms with Gasteiger partial charge in [0.05, 0.1) is 5.39 Å². The Labute approximate surface area is 186 Å². The fourth-order valence-electron chi connectivity index (χ4n) is 4.16. The average Bonchev–Trinajstić information content (AvgIpc) is 3.34. The van der Waals surface area contributed by atoms with E-state index in [2.05, 4.69) is 42.6 Å². The van der Waals surface area contributed by atoms with E-state index < -0.39 is 0 Å². The lowest BCUT2D eigenvalue weighted by molar-refractivity contribution is 0.704. The van der Waals surface area contributed by atoms with Crippen LogP contribution in [0, 0.1) is 0 Å². The van der Waals surface area contributed by atoms with Gasteiger partial charge in [-0.15, -0.1) is 11.3 Å². The van der Waals surface area contributed by atoms with E-state index in [1.54, 1.807) is 0 Å². The third-order valence-electron chi connectivity index (χ3n) is 5.76. The van der Waals surface area contributed by atoms with E-state index in [9.17, 15) is 0 Å². The fourth-order valence-corrected chi connectivity index (χ4v) is 5.55. The van der Waals surface area contributed by atoms with Crippen LogP contribution in [0.3, 0.4) is 0 Å². The summed E-state index contributed by atoms with van der Waals surface area (Å²) in [5.41, 5.74) is 3.82. The summed E-state index contributed by atoms with van der Waals surface area (Å²) in [5, 5.41) is 5.68. The van der Waals surface area contributed by atoms with E-state index in [4.69, 9.17) is 21.6 Å². The molecule has 1 atom stereocenters. The van der Waals surface area contributed by atoms with Gasteiger partial charge in [0, 0.05) is 21.5 Å². The van der Waals surface area contributed by atoms with E-state index in [-0.39, 0.29) is 0 Å². The molecule has 2 aromatic carbocycles. The van der Waals surface area contributed by atoms with Crippen molar-refractivity contribution in [2.75, 3.05) is 5.32 Å². The highest BCUT2D eigenvalue weighted by atomic mass is 35.5. The molecule has 2 heterocycles. The van der Waals surface area contributed by atoms with Crippen LogP contribution in [0.2, 0.25) is 5.02 Å². The summed E-state index contributed by atoms with van der Waals surface area (Å²) in [6.07, 6.45) is 5.63. The van der Waals surface area contributed by atoms with E-state index in [1.165, 1.54) is 27.8 Å². The molecule has 1 aliphatic rings. The van der Waals surface area contributed by atoms with Gasteiger partial charge in [-0.05, 0) is 74.4 Å². The molecule has 0 saturated carbocycles. The molecule has 2 aromatic heterocycles. The average molecular weight is 434 g/mol. The van der Waals surface area contributed by atoms with Gasteiger partial charge in [-0.2, -0.15) is 0 Å². The SMILES string of the molecule is C[C@H](CCc1ccccc1)Nc1nc(-c2ccc(Cl)cc2)nc2sc3c(c12)CCC3. The first kappa shape index (κ1) is 19.5. The summed E-state index contributed by atoms with van der Waals surface area (Å²) < 4.78 is 0. The van der Waals surface area contributed by atoms with Crippen molar-refractivity contribution in [2.24, 2.45) is 0 Å². The van der Waals surface area contributed by atoms with Gasteiger partial charge in [-0.1, -0.05) is 41.9 Å². The predicted octanol–water partition coefficient (Wildman–Crippen LogP) is 6.93. The van der Waals surface area contributed by atoms with Crippen molar-refractivity contribution >= 4 is 39.0 Å². The number of nitrogens with one attached hydrogen (secondary N) is 1. The standard InChI is InChI=1S/C25H24ClN3S/c1-16(10-11-17-6-3-2-4-7-17)27-24-22-20-8-5-9-21(20)30-25(22)29-23(28-24)18-12-14-19(26)15-13-18/h2-4,6-7,12-16H,5,8-11H2,1H3,(H,27,28,29)/t16-/m1/s1. The number of benzene rings is 2. The summed E-state index contributed by atoms with van der Waals surface area (Å²) in [7, 11) is 0. The van der Waals surface area contributed by atoms with Crippen molar-refractivity contribution in [3.8, 4) is 11.4 Å². The third kappa shape index (κ3) is 3.94. The molecule has 0 amide bonds. The maximum absolute atomic E-state index is 6.08. The van der Waals surface area contributed by atoms with Crippen LogP contribution in [-0.2, 0) is 19.3 Å². The van der Waals surface area contributed by atoms with Crippen molar-refractivity contribution in [1.29, 1.82) is 0 Å². The molecule has 30 heavy (non-hydrogen) atoms. The maximum Gasteiger partial charge on any atom is 0.163 e. The second kappa shape index (κ2) is 8.37.